The van der Waals surface area contributed by atoms with E-state index in [4.69, 9.17) is 5.26 Å². The van der Waals surface area contributed by atoms with E-state index in [9.17, 15) is 13.6 Å². The van der Waals surface area contributed by atoms with Gasteiger partial charge in [0.25, 0.3) is 0 Å². The molecule has 0 aromatic carbocycles. The van der Waals surface area contributed by atoms with Gasteiger partial charge in [-0.3, -0.25) is 4.79 Å². The molecule has 0 aromatic rings. The summed E-state index contributed by atoms with van der Waals surface area (Å²) in [4.78, 5) is 10.3. The van der Waals surface area contributed by atoms with Crippen molar-refractivity contribution in [2.24, 2.45) is 0 Å². The van der Waals surface area contributed by atoms with Gasteiger partial charge in [0.15, 0.2) is 0 Å². The lowest BCUT2D eigenvalue weighted by Gasteiger charge is -2.08. The molecule has 0 N–H and O–H groups in total. The molecule has 0 aliphatic rings. The van der Waals surface area contributed by atoms with E-state index in [1.165, 1.54) is 13.0 Å². The van der Waals surface area contributed by atoms with Gasteiger partial charge in [-0.05, 0) is 0 Å². The Morgan fingerprint density at radius 1 is 1.70 bits per heavy atom. The Bertz CT molecular complexity index is 171. The molecule has 2 nitrogen and oxygen atoms in total. The molecular formula is C6H7F2NO. The van der Waals surface area contributed by atoms with Crippen molar-refractivity contribution in [3.05, 3.63) is 0 Å². The minimum Gasteiger partial charge on any atom is -0.292 e. The number of halogens is 2. The summed E-state index contributed by atoms with van der Waals surface area (Å²) in [6, 6.07) is 1.38. The van der Waals surface area contributed by atoms with E-state index in [0.29, 0.717) is 0 Å². The number of nitriles is 1. The van der Waals surface area contributed by atoms with Crippen LogP contribution in [0.1, 0.15) is 19.8 Å². The number of hydrogen-bond acceptors (Lipinski definition) is 2. The van der Waals surface area contributed by atoms with Crippen LogP contribution in [0.2, 0.25) is 0 Å². The summed E-state index contributed by atoms with van der Waals surface area (Å²) < 4.78 is 24.5. The van der Waals surface area contributed by atoms with Gasteiger partial charge in [0.2, 0.25) is 5.78 Å². The standard InChI is InChI=1S/C6H7F2NO/c1-2-6(7,8)5(10)3-4-9/h2-3H2,1H3. The van der Waals surface area contributed by atoms with Gasteiger partial charge in [-0.2, -0.15) is 14.0 Å². The average molecular weight is 147 g/mol. The summed E-state index contributed by atoms with van der Waals surface area (Å²) >= 11 is 0. The van der Waals surface area contributed by atoms with Crippen LogP contribution < -0.4 is 0 Å². The number of alkyl halides is 2. The zero-order chi connectivity index (χ0) is 8.20. The van der Waals surface area contributed by atoms with Gasteiger partial charge in [-0.25, -0.2) is 0 Å². The molecule has 0 rings (SSSR count). The van der Waals surface area contributed by atoms with E-state index < -0.39 is 24.5 Å². The van der Waals surface area contributed by atoms with Gasteiger partial charge >= 0.3 is 5.92 Å². The fraction of sp³-hybridized carbons (Fsp3) is 0.667. The van der Waals surface area contributed by atoms with E-state index in [2.05, 4.69) is 0 Å². The van der Waals surface area contributed by atoms with Crippen LogP contribution in [0.15, 0.2) is 0 Å². The number of Topliss-reactive ketones (excluding diaryl/α,β-unsaturated/α-hetero) is 1. The molecule has 0 aliphatic heterocycles. The molecule has 4 heteroatoms. The second kappa shape index (κ2) is 3.25. The van der Waals surface area contributed by atoms with Gasteiger partial charge in [0.1, 0.15) is 6.42 Å². The molecule has 0 heterocycles. The minimum absolute atomic E-state index is 0.534. The van der Waals surface area contributed by atoms with Crippen LogP contribution in [-0.4, -0.2) is 11.7 Å². The van der Waals surface area contributed by atoms with Crippen LogP contribution in [0.3, 0.4) is 0 Å². The SMILES string of the molecule is CCC(F)(F)C(=O)CC#N. The number of nitrogens with zero attached hydrogens (tertiary/aromatic N) is 1. The second-order valence-corrected chi connectivity index (χ2v) is 1.82. The number of carbonyl (C=O) groups is 1. The minimum atomic E-state index is -3.31. The molecule has 0 saturated heterocycles. The van der Waals surface area contributed by atoms with Gasteiger partial charge in [0.05, 0.1) is 6.07 Å². The van der Waals surface area contributed by atoms with Crippen molar-refractivity contribution in [2.45, 2.75) is 25.7 Å². The summed E-state index contributed by atoms with van der Waals surface area (Å²) in [5, 5.41) is 7.89. The Kier molecular flexibility index (Phi) is 2.94. The van der Waals surface area contributed by atoms with Gasteiger partial charge in [-0.1, -0.05) is 6.92 Å². The van der Waals surface area contributed by atoms with E-state index in [1.54, 1.807) is 0 Å². The van der Waals surface area contributed by atoms with Gasteiger partial charge in [0, 0.05) is 6.42 Å². The first-order valence-corrected chi connectivity index (χ1v) is 2.82. The summed E-state index contributed by atoms with van der Waals surface area (Å²) in [7, 11) is 0. The van der Waals surface area contributed by atoms with E-state index in [0.717, 1.165) is 0 Å². The molecule has 0 fully saturated rings. The Labute approximate surface area is 57.4 Å². The first-order valence-electron chi connectivity index (χ1n) is 2.82. The highest BCUT2D eigenvalue weighted by atomic mass is 19.3. The highest BCUT2D eigenvalue weighted by Gasteiger charge is 2.35. The van der Waals surface area contributed by atoms with E-state index in [-0.39, 0.29) is 0 Å². The molecule has 0 bridgehead atoms. The highest BCUT2D eigenvalue weighted by molar-refractivity contribution is 5.87. The van der Waals surface area contributed by atoms with Crippen molar-refractivity contribution in [3.63, 3.8) is 0 Å². The smallest absolute Gasteiger partial charge is 0.292 e. The van der Waals surface area contributed by atoms with Crippen molar-refractivity contribution >= 4 is 5.78 Å². The molecular weight excluding hydrogens is 140 g/mol. The Balaban J connectivity index is 4.08. The third-order valence-electron chi connectivity index (χ3n) is 1.09. The fourth-order valence-corrected chi connectivity index (χ4v) is 0.398. The van der Waals surface area contributed by atoms with Crippen molar-refractivity contribution < 1.29 is 13.6 Å². The molecule has 0 aliphatic carbocycles. The van der Waals surface area contributed by atoms with Crippen LogP contribution in [0.5, 0.6) is 0 Å². The molecule has 0 radical (unpaired) electrons. The van der Waals surface area contributed by atoms with Gasteiger partial charge < -0.3 is 0 Å². The topological polar surface area (TPSA) is 40.9 Å². The van der Waals surface area contributed by atoms with Crippen molar-refractivity contribution in [1.82, 2.24) is 0 Å². The van der Waals surface area contributed by atoms with Crippen molar-refractivity contribution in [1.29, 1.82) is 5.26 Å². The number of carbonyl (C=O) groups excluding carboxylic acids is 1. The lowest BCUT2D eigenvalue weighted by Crippen LogP contribution is -2.26. The molecule has 0 spiro atoms. The predicted molar refractivity (Wildman–Crippen MR) is 30.5 cm³/mol. The molecule has 10 heavy (non-hydrogen) atoms. The second-order valence-electron chi connectivity index (χ2n) is 1.82. The first kappa shape index (κ1) is 9.02. The zero-order valence-corrected chi connectivity index (χ0v) is 5.53. The maximum atomic E-state index is 12.2. The number of hydrogen-bond donors (Lipinski definition) is 0. The summed E-state index contributed by atoms with van der Waals surface area (Å²) in [5.74, 6) is -4.60. The van der Waals surface area contributed by atoms with Crippen molar-refractivity contribution in [2.75, 3.05) is 0 Å². The molecule has 0 saturated carbocycles. The van der Waals surface area contributed by atoms with Gasteiger partial charge in [-0.15, -0.1) is 0 Å². The maximum absolute atomic E-state index is 12.2. The number of rotatable bonds is 3. The van der Waals surface area contributed by atoms with Crippen molar-refractivity contribution in [3.8, 4) is 6.07 Å². The molecule has 0 amide bonds. The van der Waals surface area contributed by atoms with E-state index >= 15 is 0 Å². The highest BCUT2D eigenvalue weighted by Crippen LogP contribution is 2.19. The Morgan fingerprint density at radius 2 is 2.20 bits per heavy atom. The zero-order valence-electron chi connectivity index (χ0n) is 5.53. The lowest BCUT2D eigenvalue weighted by atomic mass is 10.1. The van der Waals surface area contributed by atoms with Crippen LogP contribution in [-0.2, 0) is 4.79 Å². The largest absolute Gasteiger partial charge is 0.306 e. The fourth-order valence-electron chi connectivity index (χ4n) is 0.398. The Hall–Kier alpha value is -0.980. The van der Waals surface area contributed by atoms with Crippen LogP contribution in [0, 0.1) is 11.3 Å². The monoisotopic (exact) mass is 147 g/mol. The van der Waals surface area contributed by atoms with Crippen LogP contribution in [0.25, 0.3) is 0 Å². The predicted octanol–water partition coefficient (Wildman–Crippen LogP) is 1.51. The Morgan fingerprint density at radius 3 is 2.50 bits per heavy atom. The molecule has 0 unspecified atom stereocenters. The summed E-state index contributed by atoms with van der Waals surface area (Å²) in [6.07, 6.45) is -1.24. The normalized spacial score (nSPS) is 10.6. The summed E-state index contributed by atoms with van der Waals surface area (Å²) in [5.41, 5.74) is 0. The molecule has 56 valence electrons. The maximum Gasteiger partial charge on any atom is 0.306 e. The van der Waals surface area contributed by atoms with Crippen LogP contribution in [0.4, 0.5) is 8.78 Å². The quantitative estimate of drug-likeness (QED) is 0.607. The summed E-state index contributed by atoms with van der Waals surface area (Å²) in [6.45, 7) is 1.20. The lowest BCUT2D eigenvalue weighted by molar-refractivity contribution is -0.142. The molecule has 0 aromatic heterocycles. The first-order chi connectivity index (χ1) is 4.54. The van der Waals surface area contributed by atoms with E-state index in [1.807, 2.05) is 0 Å². The number of ketones is 1. The average Bonchev–Trinajstić information content (AvgIpc) is 1.89. The van der Waals surface area contributed by atoms with Crippen LogP contribution >= 0.6 is 0 Å². The third-order valence-corrected chi connectivity index (χ3v) is 1.09. The third kappa shape index (κ3) is 2.09. The molecule has 0 atom stereocenters.